The van der Waals surface area contributed by atoms with Crippen LogP contribution in [-0.4, -0.2) is 41.9 Å². The first-order valence-electron chi connectivity index (χ1n) is 6.28. The van der Waals surface area contributed by atoms with Crippen LogP contribution < -0.4 is 5.32 Å². The van der Waals surface area contributed by atoms with Crippen LogP contribution in [0, 0.1) is 0 Å². The first-order valence-corrected chi connectivity index (χ1v) is 6.65. The van der Waals surface area contributed by atoms with Gasteiger partial charge in [-0.3, -0.25) is 4.68 Å². The van der Waals surface area contributed by atoms with Crippen LogP contribution in [0.3, 0.4) is 0 Å². The molecule has 0 radical (unpaired) electrons. The van der Waals surface area contributed by atoms with Gasteiger partial charge < -0.3 is 10.2 Å². The summed E-state index contributed by atoms with van der Waals surface area (Å²) in [5, 5.41) is 8.71. The summed E-state index contributed by atoms with van der Waals surface area (Å²) in [5.41, 5.74) is 1.16. The highest BCUT2D eigenvalue weighted by Crippen LogP contribution is 2.28. The fraction of sp³-hybridized carbons (Fsp3) is 0.750. The highest BCUT2D eigenvalue weighted by atomic mass is 35.5. The number of rotatable bonds is 4. The van der Waals surface area contributed by atoms with Crippen molar-refractivity contribution < 1.29 is 0 Å². The molecule has 1 aromatic heterocycles. The van der Waals surface area contributed by atoms with Gasteiger partial charge in [-0.15, -0.1) is 0 Å². The van der Waals surface area contributed by atoms with Gasteiger partial charge in [0.25, 0.3) is 0 Å². The molecule has 0 amide bonds. The lowest BCUT2D eigenvalue weighted by Gasteiger charge is -2.25. The smallest absolute Gasteiger partial charge is 0.0834 e. The van der Waals surface area contributed by atoms with Crippen molar-refractivity contribution in [3.8, 4) is 0 Å². The minimum absolute atomic E-state index is 0.376. The summed E-state index contributed by atoms with van der Waals surface area (Å²) in [7, 11) is 4.15. The number of piperidine rings is 1. The highest BCUT2D eigenvalue weighted by Gasteiger charge is 2.21. The van der Waals surface area contributed by atoms with Crippen molar-refractivity contribution in [2.45, 2.75) is 31.8 Å². The summed E-state index contributed by atoms with van der Waals surface area (Å²) in [6.07, 6.45) is 5.46. The number of nitrogens with one attached hydrogen (secondary N) is 1. The molecule has 5 heteroatoms. The molecule has 1 atom stereocenters. The quantitative estimate of drug-likeness (QED) is 0.894. The van der Waals surface area contributed by atoms with Crippen molar-refractivity contribution in [1.82, 2.24) is 20.0 Å². The second-order valence-electron chi connectivity index (χ2n) is 4.91. The van der Waals surface area contributed by atoms with E-state index >= 15 is 0 Å². The van der Waals surface area contributed by atoms with Gasteiger partial charge in [0, 0.05) is 6.54 Å². The lowest BCUT2D eigenvalue weighted by molar-refractivity contribution is 0.347. The minimum atomic E-state index is 0.376. The summed E-state index contributed by atoms with van der Waals surface area (Å²) in [6.45, 7) is 2.96. The molecular formula is C12H21ClN4. The normalized spacial score (nSPS) is 21.1. The Balaban J connectivity index is 2.10. The van der Waals surface area contributed by atoms with Crippen LogP contribution in [0.2, 0.25) is 5.02 Å². The van der Waals surface area contributed by atoms with Crippen LogP contribution >= 0.6 is 11.6 Å². The van der Waals surface area contributed by atoms with Gasteiger partial charge in [0.1, 0.15) is 0 Å². The molecule has 2 rings (SSSR count). The topological polar surface area (TPSA) is 33.1 Å². The summed E-state index contributed by atoms with van der Waals surface area (Å²) in [4.78, 5) is 2.16. The Labute approximate surface area is 108 Å². The molecule has 1 aliphatic rings. The van der Waals surface area contributed by atoms with Crippen LogP contribution in [0.5, 0.6) is 0 Å². The Kier molecular flexibility index (Phi) is 4.42. The fourth-order valence-corrected chi connectivity index (χ4v) is 2.55. The van der Waals surface area contributed by atoms with Gasteiger partial charge in [0.15, 0.2) is 0 Å². The molecule has 1 saturated heterocycles. The third kappa shape index (κ3) is 3.21. The Hall–Kier alpha value is -0.580. The Morgan fingerprint density at radius 2 is 2.35 bits per heavy atom. The Morgan fingerprint density at radius 3 is 3.00 bits per heavy atom. The van der Waals surface area contributed by atoms with Gasteiger partial charge in [0.05, 0.1) is 29.5 Å². The van der Waals surface area contributed by atoms with Gasteiger partial charge in [0.2, 0.25) is 0 Å². The molecular weight excluding hydrogens is 236 g/mol. The second-order valence-corrected chi connectivity index (χ2v) is 5.31. The average molecular weight is 257 g/mol. The Bertz CT molecular complexity index is 355. The molecule has 0 aromatic carbocycles. The zero-order valence-electron chi connectivity index (χ0n) is 10.6. The number of likely N-dealkylation sites (N-methyl/N-ethyl adjacent to an activating group) is 1. The molecule has 1 aliphatic heterocycles. The van der Waals surface area contributed by atoms with Crippen LogP contribution in [0.25, 0.3) is 0 Å². The van der Waals surface area contributed by atoms with Crippen LogP contribution in [0.1, 0.15) is 31.0 Å². The zero-order chi connectivity index (χ0) is 12.3. The van der Waals surface area contributed by atoms with E-state index in [1.807, 2.05) is 4.68 Å². The van der Waals surface area contributed by atoms with Gasteiger partial charge in [-0.25, -0.2) is 0 Å². The Morgan fingerprint density at radius 1 is 1.53 bits per heavy atom. The van der Waals surface area contributed by atoms with Gasteiger partial charge >= 0.3 is 0 Å². The summed E-state index contributed by atoms with van der Waals surface area (Å²) in [5.74, 6) is 0. The molecule has 4 nitrogen and oxygen atoms in total. The van der Waals surface area contributed by atoms with Gasteiger partial charge in [-0.1, -0.05) is 18.0 Å². The maximum atomic E-state index is 6.26. The van der Waals surface area contributed by atoms with Crippen molar-refractivity contribution >= 4 is 11.6 Å². The van der Waals surface area contributed by atoms with Crippen LogP contribution in [0.4, 0.5) is 0 Å². The van der Waals surface area contributed by atoms with Crippen molar-refractivity contribution in [3.05, 3.63) is 16.9 Å². The predicted molar refractivity (Wildman–Crippen MR) is 70.4 cm³/mol. The highest BCUT2D eigenvalue weighted by molar-refractivity contribution is 6.31. The molecule has 0 aliphatic carbocycles. The predicted octanol–water partition coefficient (Wildman–Crippen LogP) is 1.91. The van der Waals surface area contributed by atoms with E-state index in [1.54, 1.807) is 6.20 Å². The summed E-state index contributed by atoms with van der Waals surface area (Å²) >= 11 is 6.26. The first-order chi connectivity index (χ1) is 8.18. The average Bonchev–Trinajstić information content (AvgIpc) is 2.69. The SMILES string of the molecule is CN(C)CCn1ncc(Cl)c1C1CCCCN1. The zero-order valence-corrected chi connectivity index (χ0v) is 11.4. The minimum Gasteiger partial charge on any atom is -0.309 e. The lowest BCUT2D eigenvalue weighted by Crippen LogP contribution is -2.30. The number of nitrogens with zero attached hydrogens (tertiary/aromatic N) is 3. The maximum Gasteiger partial charge on any atom is 0.0834 e. The van der Waals surface area contributed by atoms with E-state index in [1.165, 1.54) is 12.8 Å². The monoisotopic (exact) mass is 256 g/mol. The third-order valence-electron chi connectivity index (χ3n) is 3.23. The van der Waals surface area contributed by atoms with E-state index in [-0.39, 0.29) is 0 Å². The van der Waals surface area contributed by atoms with Gasteiger partial charge in [-0.2, -0.15) is 5.10 Å². The molecule has 1 unspecified atom stereocenters. The van der Waals surface area contributed by atoms with E-state index in [0.717, 1.165) is 36.8 Å². The van der Waals surface area contributed by atoms with Crippen molar-refractivity contribution in [2.24, 2.45) is 0 Å². The molecule has 2 heterocycles. The second kappa shape index (κ2) is 5.85. The number of aromatic nitrogens is 2. The standard InChI is InChI=1S/C12H21ClN4/c1-16(2)7-8-17-12(10(13)9-15-17)11-5-3-4-6-14-11/h9,11,14H,3-8H2,1-2H3. The fourth-order valence-electron chi connectivity index (χ4n) is 2.28. The molecule has 1 N–H and O–H groups in total. The van der Waals surface area contributed by atoms with E-state index < -0.39 is 0 Å². The molecule has 0 spiro atoms. The largest absolute Gasteiger partial charge is 0.309 e. The number of halogens is 1. The molecule has 1 aromatic rings. The summed E-state index contributed by atoms with van der Waals surface area (Å²) in [6, 6.07) is 0.376. The van der Waals surface area contributed by atoms with E-state index in [4.69, 9.17) is 11.6 Å². The van der Waals surface area contributed by atoms with Crippen molar-refractivity contribution in [2.75, 3.05) is 27.2 Å². The maximum absolute atomic E-state index is 6.26. The molecule has 0 bridgehead atoms. The van der Waals surface area contributed by atoms with Crippen molar-refractivity contribution in [1.29, 1.82) is 0 Å². The third-order valence-corrected chi connectivity index (χ3v) is 3.52. The summed E-state index contributed by atoms with van der Waals surface area (Å²) < 4.78 is 2.05. The molecule has 17 heavy (non-hydrogen) atoms. The van der Waals surface area contributed by atoms with Crippen molar-refractivity contribution in [3.63, 3.8) is 0 Å². The number of hydrogen-bond donors (Lipinski definition) is 1. The number of hydrogen-bond acceptors (Lipinski definition) is 3. The van der Waals surface area contributed by atoms with Crippen LogP contribution in [-0.2, 0) is 6.54 Å². The van der Waals surface area contributed by atoms with E-state index in [0.29, 0.717) is 6.04 Å². The van der Waals surface area contributed by atoms with Gasteiger partial charge in [-0.05, 0) is 33.5 Å². The van der Waals surface area contributed by atoms with E-state index in [9.17, 15) is 0 Å². The first kappa shape index (κ1) is 12.9. The van der Waals surface area contributed by atoms with E-state index in [2.05, 4.69) is 29.4 Å². The van der Waals surface area contributed by atoms with Crippen LogP contribution in [0.15, 0.2) is 6.20 Å². The lowest BCUT2D eigenvalue weighted by atomic mass is 10.0. The molecule has 96 valence electrons. The molecule has 1 fully saturated rings. The molecule has 0 saturated carbocycles.